The standard InChI is InChI=1S/C17H23N5O3S/c1-26(24,25)21-15-5-2-4-14(12-15)13-19-16(23)17(6-9-18-10-7-17)22-11-3-8-20-22/h2-5,8,11-12,18,21H,6-7,9-10,13H2,1H3,(H,19,23). The monoisotopic (exact) mass is 377 g/mol. The fourth-order valence-electron chi connectivity index (χ4n) is 3.23. The van der Waals surface area contributed by atoms with Crippen LogP contribution in [-0.2, 0) is 26.9 Å². The van der Waals surface area contributed by atoms with E-state index in [0.717, 1.165) is 24.9 Å². The fraction of sp³-hybridized carbons (Fsp3) is 0.412. The number of hydrogen-bond donors (Lipinski definition) is 3. The number of anilines is 1. The van der Waals surface area contributed by atoms with Crippen LogP contribution in [0.4, 0.5) is 5.69 Å². The van der Waals surface area contributed by atoms with Crippen LogP contribution >= 0.6 is 0 Å². The number of rotatable bonds is 6. The number of nitrogens with zero attached hydrogens (tertiary/aromatic N) is 2. The summed E-state index contributed by atoms with van der Waals surface area (Å²) >= 11 is 0. The van der Waals surface area contributed by atoms with Gasteiger partial charge in [-0.25, -0.2) is 8.42 Å². The molecule has 8 nitrogen and oxygen atoms in total. The number of benzene rings is 1. The maximum Gasteiger partial charge on any atom is 0.248 e. The molecule has 0 atom stereocenters. The van der Waals surface area contributed by atoms with Crippen LogP contribution in [0.3, 0.4) is 0 Å². The number of sulfonamides is 1. The summed E-state index contributed by atoms with van der Waals surface area (Å²) in [7, 11) is -3.34. The van der Waals surface area contributed by atoms with E-state index in [1.807, 2.05) is 18.3 Å². The lowest BCUT2D eigenvalue weighted by Gasteiger charge is -2.36. The maximum absolute atomic E-state index is 13.0. The maximum atomic E-state index is 13.0. The second kappa shape index (κ2) is 7.46. The summed E-state index contributed by atoms with van der Waals surface area (Å²) in [4.78, 5) is 13.0. The highest BCUT2D eigenvalue weighted by molar-refractivity contribution is 7.92. The van der Waals surface area contributed by atoms with Gasteiger partial charge in [-0.2, -0.15) is 5.10 Å². The molecule has 1 aromatic heterocycles. The molecule has 0 aliphatic carbocycles. The van der Waals surface area contributed by atoms with Crippen LogP contribution in [0.15, 0.2) is 42.7 Å². The van der Waals surface area contributed by atoms with Crippen molar-refractivity contribution in [3.8, 4) is 0 Å². The molecule has 0 radical (unpaired) electrons. The number of carbonyl (C=O) groups is 1. The van der Waals surface area contributed by atoms with Gasteiger partial charge in [-0.3, -0.25) is 14.2 Å². The Morgan fingerprint density at radius 1 is 1.31 bits per heavy atom. The second-order valence-corrected chi connectivity index (χ2v) is 8.24. The first kappa shape index (κ1) is 18.4. The van der Waals surface area contributed by atoms with E-state index >= 15 is 0 Å². The highest BCUT2D eigenvalue weighted by Gasteiger charge is 2.41. The first-order valence-corrected chi connectivity index (χ1v) is 10.3. The second-order valence-electron chi connectivity index (χ2n) is 6.49. The molecular weight excluding hydrogens is 354 g/mol. The third-order valence-corrected chi connectivity index (χ3v) is 5.09. The van der Waals surface area contributed by atoms with Gasteiger partial charge in [-0.05, 0) is 49.7 Å². The van der Waals surface area contributed by atoms with Crippen molar-refractivity contribution in [2.75, 3.05) is 24.1 Å². The molecule has 0 bridgehead atoms. The molecular formula is C17H23N5O3S. The van der Waals surface area contributed by atoms with Crippen LogP contribution in [0, 0.1) is 0 Å². The molecule has 1 aliphatic heterocycles. The topological polar surface area (TPSA) is 105 Å². The third kappa shape index (κ3) is 4.23. The molecule has 1 saturated heterocycles. The van der Waals surface area contributed by atoms with Gasteiger partial charge >= 0.3 is 0 Å². The van der Waals surface area contributed by atoms with Crippen molar-refractivity contribution in [1.29, 1.82) is 0 Å². The SMILES string of the molecule is CS(=O)(=O)Nc1cccc(CNC(=O)C2(n3cccn3)CCNCC2)c1. The van der Waals surface area contributed by atoms with Crippen LogP contribution in [0.2, 0.25) is 0 Å². The number of hydrogen-bond acceptors (Lipinski definition) is 5. The van der Waals surface area contributed by atoms with E-state index in [2.05, 4.69) is 20.5 Å². The van der Waals surface area contributed by atoms with Gasteiger partial charge in [0.25, 0.3) is 0 Å². The Labute approximate surface area is 153 Å². The van der Waals surface area contributed by atoms with Gasteiger partial charge in [0.15, 0.2) is 0 Å². The minimum atomic E-state index is -3.34. The van der Waals surface area contributed by atoms with Crippen molar-refractivity contribution in [3.63, 3.8) is 0 Å². The van der Waals surface area contributed by atoms with E-state index in [1.54, 1.807) is 29.1 Å². The van der Waals surface area contributed by atoms with E-state index in [-0.39, 0.29) is 5.91 Å². The quantitative estimate of drug-likeness (QED) is 0.686. The predicted octanol–water partition coefficient (Wildman–Crippen LogP) is 0.650. The fourth-order valence-corrected chi connectivity index (χ4v) is 3.78. The van der Waals surface area contributed by atoms with E-state index in [1.165, 1.54) is 0 Å². The van der Waals surface area contributed by atoms with Gasteiger partial charge < -0.3 is 10.6 Å². The lowest BCUT2D eigenvalue weighted by molar-refractivity contribution is -0.132. The highest BCUT2D eigenvalue weighted by atomic mass is 32.2. The Bertz CT molecular complexity index is 858. The number of aromatic nitrogens is 2. The zero-order chi connectivity index (χ0) is 18.6. The van der Waals surface area contributed by atoms with E-state index < -0.39 is 15.6 Å². The minimum absolute atomic E-state index is 0.0795. The van der Waals surface area contributed by atoms with E-state index in [0.29, 0.717) is 25.1 Å². The highest BCUT2D eigenvalue weighted by Crippen LogP contribution is 2.27. The van der Waals surface area contributed by atoms with E-state index in [4.69, 9.17) is 0 Å². The Kier molecular flexibility index (Phi) is 5.28. The lowest BCUT2D eigenvalue weighted by Crippen LogP contribution is -2.54. The molecule has 3 rings (SSSR count). The van der Waals surface area contributed by atoms with Crippen LogP contribution in [0.1, 0.15) is 18.4 Å². The molecule has 1 aromatic carbocycles. The Balaban J connectivity index is 1.72. The number of amides is 1. The van der Waals surface area contributed by atoms with Crippen LogP contribution in [0.5, 0.6) is 0 Å². The minimum Gasteiger partial charge on any atom is -0.350 e. The van der Waals surface area contributed by atoms with Gasteiger partial charge in [-0.15, -0.1) is 0 Å². The summed E-state index contributed by atoms with van der Waals surface area (Å²) in [6.07, 6.45) is 5.93. The predicted molar refractivity (Wildman–Crippen MR) is 99.1 cm³/mol. The molecule has 0 saturated carbocycles. The zero-order valence-corrected chi connectivity index (χ0v) is 15.4. The number of piperidine rings is 1. The number of nitrogens with one attached hydrogen (secondary N) is 3. The summed E-state index contributed by atoms with van der Waals surface area (Å²) in [5.74, 6) is -0.0795. The van der Waals surface area contributed by atoms with Gasteiger partial charge in [0.05, 0.1) is 6.26 Å². The van der Waals surface area contributed by atoms with Gasteiger partial charge in [0, 0.05) is 24.6 Å². The molecule has 3 N–H and O–H groups in total. The van der Waals surface area contributed by atoms with Crippen molar-refractivity contribution in [3.05, 3.63) is 48.3 Å². The Morgan fingerprint density at radius 3 is 2.73 bits per heavy atom. The molecule has 1 fully saturated rings. The Hall–Kier alpha value is -2.39. The largest absolute Gasteiger partial charge is 0.350 e. The average molecular weight is 377 g/mol. The summed E-state index contributed by atoms with van der Waals surface area (Å²) in [5.41, 5.74) is 0.594. The summed E-state index contributed by atoms with van der Waals surface area (Å²) in [5, 5.41) is 10.6. The van der Waals surface area contributed by atoms with Crippen molar-refractivity contribution in [2.45, 2.75) is 24.9 Å². The first-order valence-electron chi connectivity index (χ1n) is 8.45. The molecule has 1 amide bonds. The Morgan fingerprint density at radius 2 is 2.08 bits per heavy atom. The summed E-state index contributed by atoms with van der Waals surface area (Å²) < 4.78 is 26.9. The molecule has 2 heterocycles. The third-order valence-electron chi connectivity index (χ3n) is 4.48. The molecule has 0 spiro atoms. The zero-order valence-electron chi connectivity index (χ0n) is 14.6. The van der Waals surface area contributed by atoms with Crippen molar-refractivity contribution >= 4 is 21.6 Å². The van der Waals surface area contributed by atoms with E-state index in [9.17, 15) is 13.2 Å². The van der Waals surface area contributed by atoms with Gasteiger partial charge in [0.2, 0.25) is 15.9 Å². The lowest BCUT2D eigenvalue weighted by atomic mass is 9.87. The van der Waals surface area contributed by atoms with Gasteiger partial charge in [0.1, 0.15) is 5.54 Å². The first-order chi connectivity index (χ1) is 12.4. The summed E-state index contributed by atoms with van der Waals surface area (Å²) in [6.45, 7) is 1.82. The molecule has 2 aromatic rings. The van der Waals surface area contributed by atoms with Crippen molar-refractivity contribution < 1.29 is 13.2 Å². The van der Waals surface area contributed by atoms with Crippen molar-refractivity contribution in [2.24, 2.45) is 0 Å². The molecule has 1 aliphatic rings. The molecule has 26 heavy (non-hydrogen) atoms. The van der Waals surface area contributed by atoms with Crippen LogP contribution in [0.25, 0.3) is 0 Å². The van der Waals surface area contributed by atoms with Crippen LogP contribution < -0.4 is 15.4 Å². The van der Waals surface area contributed by atoms with Crippen LogP contribution in [-0.4, -0.2) is 43.5 Å². The molecule has 140 valence electrons. The average Bonchev–Trinajstić information content (AvgIpc) is 3.14. The smallest absolute Gasteiger partial charge is 0.248 e. The normalized spacial score (nSPS) is 16.8. The summed E-state index contributed by atoms with van der Waals surface area (Å²) in [6, 6.07) is 8.80. The van der Waals surface area contributed by atoms with Crippen molar-refractivity contribution in [1.82, 2.24) is 20.4 Å². The molecule has 9 heteroatoms. The molecule has 0 unspecified atom stereocenters. The van der Waals surface area contributed by atoms with Gasteiger partial charge in [-0.1, -0.05) is 12.1 Å². The number of carbonyl (C=O) groups excluding carboxylic acids is 1.